The van der Waals surface area contributed by atoms with E-state index in [0.29, 0.717) is 10.5 Å². The smallest absolute Gasteiger partial charge is 0.181 e. The van der Waals surface area contributed by atoms with E-state index in [9.17, 15) is 0 Å². The van der Waals surface area contributed by atoms with E-state index in [2.05, 4.69) is 29.5 Å². The molecule has 1 N–H and O–H groups in total. The maximum absolute atomic E-state index is 8.61. The summed E-state index contributed by atoms with van der Waals surface area (Å²) in [5, 5.41) is 8.61. The molecule has 0 aliphatic carbocycles. The summed E-state index contributed by atoms with van der Waals surface area (Å²) in [4.78, 5) is 0. The number of aliphatic hydroxyl groups is 1. The number of rotatable bonds is 2. The minimum Gasteiger partial charge on any atom is -0.391 e. The van der Waals surface area contributed by atoms with Crippen molar-refractivity contribution in [1.82, 2.24) is 0 Å². The van der Waals surface area contributed by atoms with Gasteiger partial charge in [0.15, 0.2) is 6.29 Å². The monoisotopic (exact) mass is 258 g/mol. The number of hydrogen-bond acceptors (Lipinski definition) is 3. The summed E-state index contributed by atoms with van der Waals surface area (Å²) in [6.45, 7) is 2.63. The van der Waals surface area contributed by atoms with Gasteiger partial charge in [0, 0.05) is 3.92 Å². The van der Waals surface area contributed by atoms with Crippen molar-refractivity contribution in [1.29, 1.82) is 0 Å². The molecule has 0 radical (unpaired) electrons. The van der Waals surface area contributed by atoms with Crippen LogP contribution in [0.3, 0.4) is 0 Å². The molecule has 10 heavy (non-hydrogen) atoms. The van der Waals surface area contributed by atoms with Crippen LogP contribution in [0.4, 0.5) is 0 Å². The van der Waals surface area contributed by atoms with Crippen LogP contribution < -0.4 is 0 Å². The Morgan fingerprint density at radius 3 is 2.80 bits per heavy atom. The van der Waals surface area contributed by atoms with Gasteiger partial charge in [0.05, 0.1) is 19.3 Å². The molecule has 3 nitrogen and oxygen atoms in total. The summed E-state index contributed by atoms with van der Waals surface area (Å²) in [5.41, 5.74) is 0. The molecular formula is C6H11IO3. The second-order valence-electron chi connectivity index (χ2n) is 2.30. The Labute approximate surface area is 73.8 Å². The molecule has 0 spiro atoms. The van der Waals surface area contributed by atoms with E-state index in [1.165, 1.54) is 0 Å². The van der Waals surface area contributed by atoms with Gasteiger partial charge in [-0.1, -0.05) is 29.5 Å². The number of aliphatic hydroxyl groups excluding tert-OH is 1. The van der Waals surface area contributed by atoms with Crippen LogP contribution in [0.15, 0.2) is 0 Å². The molecule has 0 aromatic rings. The summed E-state index contributed by atoms with van der Waals surface area (Å²) in [5.74, 6) is 0. The molecule has 3 unspecified atom stereocenters. The molecule has 1 aliphatic heterocycles. The first kappa shape index (κ1) is 8.70. The molecule has 1 rings (SSSR count). The lowest BCUT2D eigenvalue weighted by atomic mass is 10.3. The molecule has 0 bridgehead atoms. The largest absolute Gasteiger partial charge is 0.391 e. The standard InChI is InChI=1S/C6H11IO3/c1-4(7)5-3-9-6(2-8)10-5/h4-6,8H,2-3H2,1H3. The van der Waals surface area contributed by atoms with Crippen molar-refractivity contribution >= 4 is 22.6 Å². The fourth-order valence-electron chi connectivity index (χ4n) is 0.812. The van der Waals surface area contributed by atoms with Crippen LogP contribution in [0.2, 0.25) is 0 Å². The van der Waals surface area contributed by atoms with Gasteiger partial charge < -0.3 is 14.6 Å². The number of hydrogen-bond donors (Lipinski definition) is 1. The molecule has 0 amide bonds. The predicted molar refractivity (Wildman–Crippen MR) is 45.2 cm³/mol. The van der Waals surface area contributed by atoms with Crippen LogP contribution in [-0.2, 0) is 9.47 Å². The first-order valence-corrected chi connectivity index (χ1v) is 4.50. The van der Waals surface area contributed by atoms with Crippen LogP contribution in [0.5, 0.6) is 0 Å². The molecule has 0 aromatic carbocycles. The van der Waals surface area contributed by atoms with Gasteiger partial charge in [-0.2, -0.15) is 0 Å². The van der Waals surface area contributed by atoms with Crippen LogP contribution in [0, 0.1) is 0 Å². The van der Waals surface area contributed by atoms with Gasteiger partial charge in [0.25, 0.3) is 0 Å². The van der Waals surface area contributed by atoms with Crippen molar-refractivity contribution in [3.05, 3.63) is 0 Å². The Bertz CT molecular complexity index is 107. The summed E-state index contributed by atoms with van der Waals surface area (Å²) in [6, 6.07) is 0. The van der Waals surface area contributed by atoms with Gasteiger partial charge in [0.1, 0.15) is 0 Å². The topological polar surface area (TPSA) is 38.7 Å². The second-order valence-corrected chi connectivity index (χ2v) is 4.26. The third kappa shape index (κ3) is 2.05. The summed E-state index contributed by atoms with van der Waals surface area (Å²) >= 11 is 2.28. The van der Waals surface area contributed by atoms with Gasteiger partial charge >= 0.3 is 0 Å². The van der Waals surface area contributed by atoms with E-state index in [0.717, 1.165) is 0 Å². The Hall–Kier alpha value is 0.610. The normalized spacial score (nSPS) is 36.3. The van der Waals surface area contributed by atoms with Crippen molar-refractivity contribution in [2.24, 2.45) is 0 Å². The highest BCUT2D eigenvalue weighted by Crippen LogP contribution is 2.18. The number of halogens is 1. The van der Waals surface area contributed by atoms with E-state index in [1.54, 1.807) is 0 Å². The van der Waals surface area contributed by atoms with Crippen LogP contribution >= 0.6 is 22.6 Å². The third-order valence-corrected chi connectivity index (χ3v) is 2.24. The highest BCUT2D eigenvalue weighted by molar-refractivity contribution is 14.1. The van der Waals surface area contributed by atoms with E-state index >= 15 is 0 Å². The van der Waals surface area contributed by atoms with Crippen molar-refractivity contribution in [3.63, 3.8) is 0 Å². The van der Waals surface area contributed by atoms with Crippen LogP contribution in [-0.4, -0.2) is 34.6 Å². The van der Waals surface area contributed by atoms with E-state index in [1.807, 2.05) is 0 Å². The van der Waals surface area contributed by atoms with Crippen molar-refractivity contribution in [3.8, 4) is 0 Å². The SMILES string of the molecule is CC(I)C1COC(CO)O1. The number of alkyl halides is 1. The van der Waals surface area contributed by atoms with Crippen molar-refractivity contribution in [2.75, 3.05) is 13.2 Å². The third-order valence-electron chi connectivity index (χ3n) is 1.43. The molecule has 4 heteroatoms. The highest BCUT2D eigenvalue weighted by atomic mass is 127. The molecule has 60 valence electrons. The predicted octanol–water partition coefficient (Wildman–Crippen LogP) is 0.544. The second kappa shape index (κ2) is 3.85. The van der Waals surface area contributed by atoms with Crippen molar-refractivity contribution in [2.45, 2.75) is 23.2 Å². The van der Waals surface area contributed by atoms with Crippen LogP contribution in [0.1, 0.15) is 6.92 Å². The van der Waals surface area contributed by atoms with Gasteiger partial charge in [0.2, 0.25) is 0 Å². The van der Waals surface area contributed by atoms with Gasteiger partial charge in [-0.05, 0) is 0 Å². The van der Waals surface area contributed by atoms with E-state index in [-0.39, 0.29) is 19.0 Å². The minimum absolute atomic E-state index is 0.0418. The fourth-order valence-corrected chi connectivity index (χ4v) is 1.19. The Morgan fingerprint density at radius 2 is 2.50 bits per heavy atom. The highest BCUT2D eigenvalue weighted by Gasteiger charge is 2.27. The average molecular weight is 258 g/mol. The first-order valence-electron chi connectivity index (χ1n) is 3.26. The Morgan fingerprint density at radius 1 is 1.80 bits per heavy atom. The Balaban J connectivity index is 2.28. The molecule has 0 aromatic heterocycles. The fraction of sp³-hybridized carbons (Fsp3) is 1.00. The zero-order chi connectivity index (χ0) is 7.56. The molecule has 1 fully saturated rings. The number of ether oxygens (including phenoxy) is 2. The van der Waals surface area contributed by atoms with E-state index < -0.39 is 0 Å². The first-order chi connectivity index (χ1) is 4.74. The zero-order valence-electron chi connectivity index (χ0n) is 5.79. The molecule has 0 saturated carbocycles. The quantitative estimate of drug-likeness (QED) is 0.580. The lowest BCUT2D eigenvalue weighted by Gasteiger charge is -2.10. The molecular weight excluding hydrogens is 247 g/mol. The molecule has 1 aliphatic rings. The minimum atomic E-state index is -0.387. The average Bonchev–Trinajstić information content (AvgIpc) is 2.34. The summed E-state index contributed by atoms with van der Waals surface area (Å²) < 4.78 is 10.8. The van der Waals surface area contributed by atoms with Gasteiger partial charge in [-0.25, -0.2) is 0 Å². The maximum atomic E-state index is 8.61. The molecule has 1 heterocycles. The van der Waals surface area contributed by atoms with Crippen LogP contribution in [0.25, 0.3) is 0 Å². The lowest BCUT2D eigenvalue weighted by Crippen LogP contribution is -2.21. The molecule has 3 atom stereocenters. The lowest BCUT2D eigenvalue weighted by molar-refractivity contribution is -0.0866. The summed E-state index contributed by atoms with van der Waals surface area (Å²) in [6.07, 6.45) is -0.236. The van der Waals surface area contributed by atoms with E-state index in [4.69, 9.17) is 14.6 Å². The zero-order valence-corrected chi connectivity index (χ0v) is 7.95. The van der Waals surface area contributed by atoms with Gasteiger partial charge in [-0.3, -0.25) is 0 Å². The molecule has 1 saturated heterocycles. The summed E-state index contributed by atoms with van der Waals surface area (Å²) in [7, 11) is 0. The van der Waals surface area contributed by atoms with Gasteiger partial charge in [-0.15, -0.1) is 0 Å². The van der Waals surface area contributed by atoms with Crippen molar-refractivity contribution < 1.29 is 14.6 Å². The maximum Gasteiger partial charge on any atom is 0.181 e. The Kier molecular flexibility index (Phi) is 3.35.